The zero-order chi connectivity index (χ0) is 25.4. The topological polar surface area (TPSA) is 47.6 Å². The molecule has 4 nitrogen and oxygen atoms in total. The molecule has 1 aliphatic heterocycles. The maximum absolute atomic E-state index is 13.0. The predicted octanol–water partition coefficient (Wildman–Crippen LogP) is 7.10. The number of hydrogen-bond donors (Lipinski definition) is 1. The molecule has 0 aliphatic carbocycles. The van der Waals surface area contributed by atoms with Gasteiger partial charge in [0, 0.05) is 19.6 Å². The molecule has 0 spiro atoms. The summed E-state index contributed by atoms with van der Waals surface area (Å²) in [5.41, 5.74) is 2.48. The fourth-order valence-corrected chi connectivity index (χ4v) is 5.44. The molecule has 1 saturated heterocycles. The standard InChI is InChI=1S/C31H45NO3/c1-22(2)29(25-12-14-27(15-13-25)35-23(3)4)20-30(33)32-18-16-28(24-10-8-7-9-11-24)26-17-19-34-31(5,6)21-26/h7-15,22-23,26,28-29H,16-21H2,1-6H3,(H,32,33). The van der Waals surface area contributed by atoms with Crippen LogP contribution < -0.4 is 10.1 Å². The second-order valence-electron chi connectivity index (χ2n) is 11.3. The predicted molar refractivity (Wildman–Crippen MR) is 144 cm³/mol. The summed E-state index contributed by atoms with van der Waals surface area (Å²) in [5, 5.41) is 3.24. The van der Waals surface area contributed by atoms with Crippen LogP contribution in [0, 0.1) is 11.8 Å². The molecule has 1 aliphatic rings. The third-order valence-corrected chi connectivity index (χ3v) is 7.20. The molecule has 3 unspecified atom stereocenters. The monoisotopic (exact) mass is 479 g/mol. The van der Waals surface area contributed by atoms with E-state index in [4.69, 9.17) is 9.47 Å². The molecule has 3 rings (SSSR count). The summed E-state index contributed by atoms with van der Waals surface area (Å²) in [7, 11) is 0. The average molecular weight is 480 g/mol. The molecule has 1 amide bonds. The molecular formula is C31H45NO3. The van der Waals surface area contributed by atoms with Crippen molar-refractivity contribution in [3.8, 4) is 5.75 Å². The number of carbonyl (C=O) groups is 1. The Morgan fingerprint density at radius 3 is 2.31 bits per heavy atom. The van der Waals surface area contributed by atoms with Gasteiger partial charge < -0.3 is 14.8 Å². The van der Waals surface area contributed by atoms with Gasteiger partial charge in [-0.2, -0.15) is 0 Å². The molecule has 35 heavy (non-hydrogen) atoms. The van der Waals surface area contributed by atoms with Crippen molar-refractivity contribution in [2.45, 2.75) is 90.8 Å². The molecule has 1 N–H and O–H groups in total. The first-order valence-corrected chi connectivity index (χ1v) is 13.4. The van der Waals surface area contributed by atoms with Crippen molar-refractivity contribution in [2.75, 3.05) is 13.2 Å². The Kier molecular flexibility index (Phi) is 9.80. The molecule has 4 heteroatoms. The van der Waals surface area contributed by atoms with Crippen LogP contribution in [-0.2, 0) is 9.53 Å². The van der Waals surface area contributed by atoms with Gasteiger partial charge in [0.1, 0.15) is 5.75 Å². The minimum Gasteiger partial charge on any atom is -0.491 e. The van der Waals surface area contributed by atoms with Gasteiger partial charge in [-0.15, -0.1) is 0 Å². The highest BCUT2D eigenvalue weighted by Crippen LogP contribution is 2.39. The Morgan fingerprint density at radius 2 is 1.71 bits per heavy atom. The lowest BCUT2D eigenvalue weighted by atomic mass is 9.75. The molecule has 1 fully saturated rings. The molecule has 3 atom stereocenters. The van der Waals surface area contributed by atoms with Gasteiger partial charge in [0.25, 0.3) is 0 Å². The highest BCUT2D eigenvalue weighted by molar-refractivity contribution is 5.76. The van der Waals surface area contributed by atoms with Crippen molar-refractivity contribution in [1.82, 2.24) is 5.32 Å². The lowest BCUT2D eigenvalue weighted by Crippen LogP contribution is -2.37. The summed E-state index contributed by atoms with van der Waals surface area (Å²) in [4.78, 5) is 13.0. The molecule has 0 saturated carbocycles. The molecule has 0 bridgehead atoms. The third kappa shape index (κ3) is 8.38. The van der Waals surface area contributed by atoms with Crippen LogP contribution in [0.2, 0.25) is 0 Å². The van der Waals surface area contributed by atoms with Crippen molar-refractivity contribution in [3.63, 3.8) is 0 Å². The first-order chi connectivity index (χ1) is 16.6. The second-order valence-corrected chi connectivity index (χ2v) is 11.3. The number of benzene rings is 2. The van der Waals surface area contributed by atoms with Gasteiger partial charge in [-0.25, -0.2) is 0 Å². The number of carbonyl (C=O) groups excluding carboxylic acids is 1. The van der Waals surface area contributed by atoms with Gasteiger partial charge in [-0.3, -0.25) is 4.79 Å². The Morgan fingerprint density at radius 1 is 1.03 bits per heavy atom. The Labute approximate surface area is 212 Å². The number of ether oxygens (including phenoxy) is 2. The molecule has 2 aromatic carbocycles. The lowest BCUT2D eigenvalue weighted by Gasteiger charge is -2.39. The van der Waals surface area contributed by atoms with E-state index < -0.39 is 0 Å². The first-order valence-electron chi connectivity index (χ1n) is 13.4. The summed E-state index contributed by atoms with van der Waals surface area (Å²) >= 11 is 0. The van der Waals surface area contributed by atoms with E-state index in [0.29, 0.717) is 30.7 Å². The average Bonchev–Trinajstić information content (AvgIpc) is 2.80. The van der Waals surface area contributed by atoms with Crippen LogP contribution in [0.15, 0.2) is 54.6 Å². The fraction of sp³-hybridized carbons (Fsp3) is 0.581. The van der Waals surface area contributed by atoms with Gasteiger partial charge >= 0.3 is 0 Å². The summed E-state index contributed by atoms with van der Waals surface area (Å²) in [6, 6.07) is 19.0. The number of nitrogens with one attached hydrogen (secondary N) is 1. The second kappa shape index (κ2) is 12.6. The van der Waals surface area contributed by atoms with Crippen LogP contribution in [0.25, 0.3) is 0 Å². The number of rotatable bonds is 11. The van der Waals surface area contributed by atoms with Gasteiger partial charge in [-0.05, 0) is 93.9 Å². The van der Waals surface area contributed by atoms with E-state index in [1.54, 1.807) is 0 Å². The normalized spacial score (nSPS) is 19.4. The Bertz CT molecular complexity index is 905. The summed E-state index contributed by atoms with van der Waals surface area (Å²) in [5.74, 6) is 2.55. The van der Waals surface area contributed by atoms with Crippen molar-refractivity contribution in [2.24, 2.45) is 11.8 Å². The van der Waals surface area contributed by atoms with E-state index >= 15 is 0 Å². The SMILES string of the molecule is CC(C)Oc1ccc(C(CC(=O)NCCC(c2ccccc2)C2CCOC(C)(C)C2)C(C)C)cc1. The molecule has 1 heterocycles. The minimum absolute atomic E-state index is 0.0839. The first kappa shape index (κ1) is 27.3. The van der Waals surface area contributed by atoms with E-state index in [1.165, 1.54) is 11.1 Å². The van der Waals surface area contributed by atoms with Crippen LogP contribution in [0.4, 0.5) is 0 Å². The Hall–Kier alpha value is -2.33. The minimum atomic E-state index is -0.0839. The van der Waals surface area contributed by atoms with Gasteiger partial charge in [-0.1, -0.05) is 56.3 Å². The van der Waals surface area contributed by atoms with Gasteiger partial charge in [0.05, 0.1) is 11.7 Å². The maximum Gasteiger partial charge on any atom is 0.220 e. The smallest absolute Gasteiger partial charge is 0.220 e. The quantitative estimate of drug-likeness (QED) is 0.374. The largest absolute Gasteiger partial charge is 0.491 e. The van der Waals surface area contributed by atoms with Crippen molar-refractivity contribution >= 4 is 5.91 Å². The zero-order valence-electron chi connectivity index (χ0n) is 22.6. The van der Waals surface area contributed by atoms with Crippen LogP contribution >= 0.6 is 0 Å². The number of amides is 1. The van der Waals surface area contributed by atoms with E-state index in [1.807, 2.05) is 26.0 Å². The van der Waals surface area contributed by atoms with E-state index in [0.717, 1.165) is 31.6 Å². The van der Waals surface area contributed by atoms with E-state index in [9.17, 15) is 4.79 Å². The van der Waals surface area contributed by atoms with Gasteiger partial charge in [0.2, 0.25) is 5.91 Å². The van der Waals surface area contributed by atoms with Crippen molar-refractivity contribution in [3.05, 3.63) is 65.7 Å². The maximum atomic E-state index is 13.0. The summed E-state index contributed by atoms with van der Waals surface area (Å²) < 4.78 is 11.8. The summed E-state index contributed by atoms with van der Waals surface area (Å²) in [6.07, 6.45) is 3.72. The number of hydrogen-bond acceptors (Lipinski definition) is 3. The van der Waals surface area contributed by atoms with Gasteiger partial charge in [0.15, 0.2) is 0 Å². The van der Waals surface area contributed by atoms with E-state index in [2.05, 4.69) is 75.5 Å². The highest BCUT2D eigenvalue weighted by atomic mass is 16.5. The van der Waals surface area contributed by atoms with Crippen LogP contribution in [0.3, 0.4) is 0 Å². The van der Waals surface area contributed by atoms with Crippen molar-refractivity contribution < 1.29 is 14.3 Å². The zero-order valence-corrected chi connectivity index (χ0v) is 22.6. The molecule has 192 valence electrons. The van der Waals surface area contributed by atoms with Crippen LogP contribution in [-0.4, -0.2) is 30.8 Å². The molecule has 0 radical (unpaired) electrons. The molecular weight excluding hydrogens is 434 g/mol. The lowest BCUT2D eigenvalue weighted by molar-refractivity contribution is -0.121. The summed E-state index contributed by atoms with van der Waals surface area (Å²) in [6.45, 7) is 14.3. The Balaban J connectivity index is 1.60. The third-order valence-electron chi connectivity index (χ3n) is 7.20. The van der Waals surface area contributed by atoms with Crippen molar-refractivity contribution in [1.29, 1.82) is 0 Å². The fourth-order valence-electron chi connectivity index (χ4n) is 5.44. The molecule has 2 aromatic rings. The van der Waals surface area contributed by atoms with Crippen LogP contribution in [0.5, 0.6) is 5.75 Å². The molecule has 0 aromatic heterocycles. The van der Waals surface area contributed by atoms with E-state index in [-0.39, 0.29) is 23.5 Å². The highest BCUT2D eigenvalue weighted by Gasteiger charge is 2.34. The van der Waals surface area contributed by atoms with Crippen LogP contribution in [0.1, 0.15) is 90.2 Å².